The SMILES string of the molecule is CC(C)(C)OC(=O)Cc1cnc2ccc(OS(=O)(=O)C(F)(F)F)cc2c1. The van der Waals surface area contributed by atoms with Gasteiger partial charge in [-0.1, -0.05) is 0 Å². The van der Waals surface area contributed by atoms with E-state index in [-0.39, 0.29) is 6.42 Å². The minimum Gasteiger partial charge on any atom is -0.460 e. The minimum absolute atomic E-state index is 0.0911. The van der Waals surface area contributed by atoms with Crippen molar-refractivity contribution in [3.63, 3.8) is 0 Å². The summed E-state index contributed by atoms with van der Waals surface area (Å²) >= 11 is 0. The topological polar surface area (TPSA) is 82.6 Å². The van der Waals surface area contributed by atoms with Gasteiger partial charge >= 0.3 is 21.6 Å². The molecule has 6 nitrogen and oxygen atoms in total. The van der Waals surface area contributed by atoms with E-state index in [1.54, 1.807) is 20.8 Å². The number of aromatic nitrogens is 1. The largest absolute Gasteiger partial charge is 0.534 e. The number of nitrogens with zero attached hydrogens (tertiary/aromatic N) is 1. The Morgan fingerprint density at radius 2 is 1.81 bits per heavy atom. The zero-order valence-corrected chi connectivity index (χ0v) is 14.9. The van der Waals surface area contributed by atoms with Crippen molar-refractivity contribution in [2.45, 2.75) is 38.3 Å². The van der Waals surface area contributed by atoms with Crippen molar-refractivity contribution in [1.29, 1.82) is 0 Å². The predicted octanol–water partition coefficient (Wildman–Crippen LogP) is 3.35. The van der Waals surface area contributed by atoms with Crippen LogP contribution in [0.3, 0.4) is 0 Å². The van der Waals surface area contributed by atoms with Gasteiger partial charge in [-0.2, -0.15) is 21.6 Å². The summed E-state index contributed by atoms with van der Waals surface area (Å²) in [6.07, 6.45) is 1.34. The maximum absolute atomic E-state index is 12.4. The zero-order valence-electron chi connectivity index (χ0n) is 14.1. The van der Waals surface area contributed by atoms with E-state index in [0.717, 1.165) is 12.1 Å². The quantitative estimate of drug-likeness (QED) is 0.452. The summed E-state index contributed by atoms with van der Waals surface area (Å²) < 4.78 is 68.6. The second-order valence-electron chi connectivity index (χ2n) is 6.44. The molecule has 26 heavy (non-hydrogen) atoms. The van der Waals surface area contributed by atoms with Crippen LogP contribution in [0.2, 0.25) is 0 Å². The Morgan fingerprint density at radius 1 is 1.15 bits per heavy atom. The van der Waals surface area contributed by atoms with Gasteiger partial charge in [-0.15, -0.1) is 0 Å². The highest BCUT2D eigenvalue weighted by Gasteiger charge is 2.48. The molecule has 0 unspecified atom stereocenters. The fourth-order valence-electron chi connectivity index (χ4n) is 2.02. The lowest BCUT2D eigenvalue weighted by Gasteiger charge is -2.19. The van der Waals surface area contributed by atoms with Crippen LogP contribution < -0.4 is 4.18 Å². The van der Waals surface area contributed by atoms with Crippen LogP contribution in [-0.2, 0) is 26.1 Å². The highest BCUT2D eigenvalue weighted by Crippen LogP contribution is 2.28. The van der Waals surface area contributed by atoms with Gasteiger partial charge in [-0.25, -0.2) is 0 Å². The van der Waals surface area contributed by atoms with Crippen LogP contribution in [0.15, 0.2) is 30.5 Å². The van der Waals surface area contributed by atoms with E-state index in [0.29, 0.717) is 16.5 Å². The number of rotatable bonds is 4. The molecule has 1 aromatic heterocycles. The number of benzene rings is 1. The Labute approximate surface area is 148 Å². The third-order valence-corrected chi connectivity index (χ3v) is 3.95. The fraction of sp³-hybridized carbons (Fsp3) is 0.375. The monoisotopic (exact) mass is 391 g/mol. The third kappa shape index (κ3) is 5.07. The van der Waals surface area contributed by atoms with E-state index in [9.17, 15) is 26.4 Å². The lowest BCUT2D eigenvalue weighted by molar-refractivity contribution is -0.153. The molecule has 0 aliphatic carbocycles. The summed E-state index contributed by atoms with van der Waals surface area (Å²) in [5.41, 5.74) is -5.33. The fourth-order valence-corrected chi connectivity index (χ4v) is 2.47. The molecule has 1 aromatic carbocycles. The summed E-state index contributed by atoms with van der Waals surface area (Å²) in [6.45, 7) is 5.15. The molecule has 0 fully saturated rings. The number of carbonyl (C=O) groups excluding carboxylic acids is 1. The number of alkyl halides is 3. The number of esters is 1. The Bertz CT molecular complexity index is 933. The van der Waals surface area contributed by atoms with Crippen LogP contribution in [0.1, 0.15) is 26.3 Å². The Morgan fingerprint density at radius 3 is 2.38 bits per heavy atom. The van der Waals surface area contributed by atoms with Gasteiger partial charge in [-0.05, 0) is 50.6 Å². The molecule has 142 valence electrons. The molecule has 0 aliphatic heterocycles. The van der Waals surface area contributed by atoms with Crippen LogP contribution >= 0.6 is 0 Å². The Balaban J connectivity index is 2.27. The van der Waals surface area contributed by atoms with Crippen molar-refractivity contribution in [1.82, 2.24) is 4.98 Å². The number of fused-ring (bicyclic) bond motifs is 1. The minimum atomic E-state index is -5.76. The summed E-state index contributed by atoms with van der Waals surface area (Å²) in [5, 5.41) is 0.320. The maximum Gasteiger partial charge on any atom is 0.534 e. The molecule has 0 saturated carbocycles. The van der Waals surface area contributed by atoms with Crippen molar-refractivity contribution in [2.75, 3.05) is 0 Å². The predicted molar refractivity (Wildman–Crippen MR) is 86.9 cm³/mol. The van der Waals surface area contributed by atoms with Gasteiger partial charge in [0.25, 0.3) is 0 Å². The van der Waals surface area contributed by atoms with Crippen LogP contribution in [0.25, 0.3) is 10.9 Å². The second kappa shape index (κ2) is 6.75. The number of pyridine rings is 1. The highest BCUT2D eigenvalue weighted by atomic mass is 32.2. The average molecular weight is 391 g/mol. The molecule has 0 spiro atoms. The number of halogens is 3. The molecule has 0 aliphatic rings. The average Bonchev–Trinajstić information content (AvgIpc) is 2.43. The summed E-state index contributed by atoms with van der Waals surface area (Å²) in [7, 11) is -5.76. The lowest BCUT2D eigenvalue weighted by Crippen LogP contribution is -2.28. The first-order valence-corrected chi connectivity index (χ1v) is 8.79. The van der Waals surface area contributed by atoms with Crippen molar-refractivity contribution < 1.29 is 35.3 Å². The van der Waals surface area contributed by atoms with E-state index in [1.165, 1.54) is 18.3 Å². The van der Waals surface area contributed by atoms with Crippen LogP contribution in [-0.4, -0.2) is 30.5 Å². The molecule has 10 heteroatoms. The molecular weight excluding hydrogens is 375 g/mol. The molecule has 0 bridgehead atoms. The Hall–Kier alpha value is -2.36. The van der Waals surface area contributed by atoms with E-state index >= 15 is 0 Å². The van der Waals surface area contributed by atoms with E-state index in [2.05, 4.69) is 9.17 Å². The maximum atomic E-state index is 12.4. The van der Waals surface area contributed by atoms with Gasteiger partial charge in [0.1, 0.15) is 11.4 Å². The molecule has 0 N–H and O–H groups in total. The molecule has 0 radical (unpaired) electrons. The first kappa shape index (κ1) is 20.0. The molecule has 2 rings (SSSR count). The van der Waals surface area contributed by atoms with Crippen molar-refractivity contribution >= 4 is 27.0 Å². The van der Waals surface area contributed by atoms with Crippen molar-refractivity contribution in [2.24, 2.45) is 0 Å². The van der Waals surface area contributed by atoms with Gasteiger partial charge in [0, 0.05) is 11.6 Å². The summed E-state index contributed by atoms with van der Waals surface area (Å²) in [4.78, 5) is 15.9. The number of hydrogen-bond acceptors (Lipinski definition) is 6. The summed E-state index contributed by atoms with van der Waals surface area (Å²) in [5.74, 6) is -1.00. The molecular formula is C16H16F3NO5S. The number of ether oxygens (including phenoxy) is 1. The smallest absolute Gasteiger partial charge is 0.460 e. The molecule has 0 atom stereocenters. The second-order valence-corrected chi connectivity index (χ2v) is 7.98. The van der Waals surface area contributed by atoms with Crippen molar-refractivity contribution in [3.05, 3.63) is 36.0 Å². The normalized spacial score (nSPS) is 12.8. The van der Waals surface area contributed by atoms with Gasteiger partial charge in [-0.3, -0.25) is 9.78 Å². The molecule has 0 saturated heterocycles. The van der Waals surface area contributed by atoms with Gasteiger partial charge in [0.2, 0.25) is 0 Å². The first-order chi connectivity index (χ1) is 11.8. The van der Waals surface area contributed by atoms with Gasteiger partial charge in [0.15, 0.2) is 0 Å². The van der Waals surface area contributed by atoms with Crippen LogP contribution in [0, 0.1) is 0 Å². The van der Waals surface area contributed by atoms with Crippen LogP contribution in [0.5, 0.6) is 5.75 Å². The molecule has 1 heterocycles. The Kier molecular flexibility index (Phi) is 5.18. The van der Waals surface area contributed by atoms with Gasteiger partial charge in [0.05, 0.1) is 11.9 Å². The van der Waals surface area contributed by atoms with Crippen LogP contribution in [0.4, 0.5) is 13.2 Å². The van der Waals surface area contributed by atoms with Crippen molar-refractivity contribution in [3.8, 4) is 5.75 Å². The van der Waals surface area contributed by atoms with E-state index < -0.39 is 32.9 Å². The van der Waals surface area contributed by atoms with E-state index in [4.69, 9.17) is 4.74 Å². The number of hydrogen-bond donors (Lipinski definition) is 0. The summed E-state index contributed by atoms with van der Waals surface area (Å²) in [6, 6.07) is 4.98. The van der Waals surface area contributed by atoms with E-state index in [1.807, 2.05) is 0 Å². The van der Waals surface area contributed by atoms with Gasteiger partial charge < -0.3 is 8.92 Å². The third-order valence-electron chi connectivity index (χ3n) is 2.97. The molecule has 2 aromatic rings. The highest BCUT2D eigenvalue weighted by molar-refractivity contribution is 7.88. The lowest BCUT2D eigenvalue weighted by atomic mass is 10.1. The first-order valence-electron chi connectivity index (χ1n) is 7.38. The standard InChI is InChI=1S/C16H16F3NO5S/c1-15(2,3)24-14(21)7-10-6-11-8-12(4-5-13(11)20-9-10)25-26(22,23)16(17,18)19/h4-6,8-9H,7H2,1-3H3. The zero-order chi connectivity index (χ0) is 19.8. The molecule has 0 amide bonds. The number of carbonyl (C=O) groups is 1.